The molecule has 0 saturated carbocycles. The lowest BCUT2D eigenvalue weighted by Gasteiger charge is -2.36. The number of amides is 1. The van der Waals surface area contributed by atoms with Crippen molar-refractivity contribution in [2.45, 2.75) is 45.9 Å². The first-order valence-electron chi connectivity index (χ1n) is 7.73. The van der Waals surface area contributed by atoms with E-state index in [9.17, 15) is 4.79 Å². The average Bonchev–Trinajstić information content (AvgIpc) is 2.92. The molecule has 0 unspecified atom stereocenters. The number of hydrogen-bond donors (Lipinski definition) is 0. The predicted molar refractivity (Wildman–Crippen MR) is 83.8 cm³/mol. The molecule has 0 bridgehead atoms. The molecule has 1 aliphatic heterocycles. The van der Waals surface area contributed by atoms with Gasteiger partial charge < -0.3 is 9.64 Å². The van der Waals surface area contributed by atoms with Gasteiger partial charge in [-0.25, -0.2) is 9.67 Å². The van der Waals surface area contributed by atoms with Crippen molar-refractivity contribution in [3.8, 4) is 0 Å². The van der Waals surface area contributed by atoms with Crippen molar-refractivity contribution in [3.05, 3.63) is 24.0 Å². The number of rotatable bonds is 2. The second-order valence-corrected chi connectivity index (χ2v) is 6.27. The van der Waals surface area contributed by atoms with Gasteiger partial charge in [0.2, 0.25) is 0 Å². The van der Waals surface area contributed by atoms with E-state index in [1.807, 2.05) is 29.5 Å². The first-order chi connectivity index (χ1) is 10.5. The highest BCUT2D eigenvalue weighted by Crippen LogP contribution is 2.20. The van der Waals surface area contributed by atoms with Crippen LogP contribution in [0.3, 0.4) is 0 Å². The molecule has 2 aromatic rings. The maximum atomic E-state index is 12.7. The van der Waals surface area contributed by atoms with E-state index in [0.29, 0.717) is 18.7 Å². The van der Waals surface area contributed by atoms with Gasteiger partial charge >= 0.3 is 0 Å². The minimum atomic E-state index is 0.00865. The molecule has 0 aliphatic carbocycles. The number of pyridine rings is 1. The zero-order valence-corrected chi connectivity index (χ0v) is 13.5. The lowest BCUT2D eigenvalue weighted by molar-refractivity contribution is -0.0387. The van der Waals surface area contributed by atoms with Crippen molar-refractivity contribution in [1.29, 1.82) is 0 Å². The molecular weight excluding hydrogens is 280 g/mol. The Bertz CT molecular complexity index is 695. The van der Waals surface area contributed by atoms with Gasteiger partial charge in [-0.05, 0) is 33.8 Å². The molecule has 1 aliphatic rings. The number of nitrogens with zero attached hydrogens (tertiary/aromatic N) is 4. The van der Waals surface area contributed by atoms with Gasteiger partial charge in [0, 0.05) is 24.2 Å². The minimum Gasteiger partial charge on any atom is -0.375 e. The molecule has 0 N–H and O–H groups in total. The molecule has 118 valence electrons. The fourth-order valence-corrected chi connectivity index (χ4v) is 2.79. The Morgan fingerprint density at radius 3 is 2.86 bits per heavy atom. The number of hydrogen-bond acceptors (Lipinski definition) is 4. The molecule has 0 aromatic carbocycles. The highest BCUT2D eigenvalue weighted by atomic mass is 16.5. The smallest absolute Gasteiger partial charge is 0.255 e. The van der Waals surface area contributed by atoms with Gasteiger partial charge in [0.05, 0.1) is 30.5 Å². The summed E-state index contributed by atoms with van der Waals surface area (Å²) in [5.41, 5.74) is 1.42. The van der Waals surface area contributed by atoms with Crippen LogP contribution in [0.25, 0.3) is 11.0 Å². The second kappa shape index (κ2) is 5.68. The van der Waals surface area contributed by atoms with Crippen LogP contribution in [0.4, 0.5) is 0 Å². The van der Waals surface area contributed by atoms with Crippen LogP contribution in [0.1, 0.15) is 44.1 Å². The lowest BCUT2D eigenvalue weighted by atomic mass is 10.1. The summed E-state index contributed by atoms with van der Waals surface area (Å²) >= 11 is 0. The monoisotopic (exact) mass is 302 g/mol. The van der Waals surface area contributed by atoms with Crippen LogP contribution in [0.2, 0.25) is 0 Å². The number of ether oxygens (including phenoxy) is 1. The molecule has 6 nitrogen and oxygen atoms in total. The maximum Gasteiger partial charge on any atom is 0.255 e. The second-order valence-electron chi connectivity index (χ2n) is 6.27. The molecule has 1 amide bonds. The van der Waals surface area contributed by atoms with E-state index in [1.54, 1.807) is 12.4 Å². The van der Waals surface area contributed by atoms with Crippen LogP contribution in [-0.2, 0) is 4.74 Å². The quantitative estimate of drug-likeness (QED) is 0.854. The summed E-state index contributed by atoms with van der Waals surface area (Å²) < 4.78 is 7.45. The molecule has 1 saturated heterocycles. The topological polar surface area (TPSA) is 60.2 Å². The Morgan fingerprint density at radius 1 is 1.36 bits per heavy atom. The Hall–Kier alpha value is -1.95. The van der Waals surface area contributed by atoms with Gasteiger partial charge in [-0.15, -0.1) is 0 Å². The van der Waals surface area contributed by atoms with Crippen molar-refractivity contribution >= 4 is 16.9 Å². The molecule has 0 radical (unpaired) electrons. The Labute approximate surface area is 130 Å². The summed E-state index contributed by atoms with van der Waals surface area (Å²) in [6.07, 6.45) is 3.49. The standard InChI is InChI=1S/C16H22N4O2/c1-10(2)20-15-13(7-18-20)5-14(6-17-15)16(21)19-8-12(4)22-9-11(19)3/h5-7,10-12H,8-9H2,1-4H3/t11-,12+/m1/s1. The van der Waals surface area contributed by atoms with Gasteiger partial charge in [-0.1, -0.05) is 0 Å². The molecule has 2 aromatic heterocycles. The largest absolute Gasteiger partial charge is 0.375 e. The zero-order chi connectivity index (χ0) is 15.9. The van der Waals surface area contributed by atoms with Crippen LogP contribution in [-0.4, -0.2) is 50.9 Å². The Morgan fingerprint density at radius 2 is 2.14 bits per heavy atom. The fraction of sp³-hybridized carbons (Fsp3) is 0.562. The summed E-state index contributed by atoms with van der Waals surface area (Å²) in [5.74, 6) is 0.00865. The van der Waals surface area contributed by atoms with Gasteiger partial charge in [0.25, 0.3) is 5.91 Å². The van der Waals surface area contributed by atoms with Crippen LogP contribution < -0.4 is 0 Å². The summed E-state index contributed by atoms with van der Waals surface area (Å²) in [5, 5.41) is 5.24. The molecule has 22 heavy (non-hydrogen) atoms. The van der Waals surface area contributed by atoms with Crippen LogP contribution >= 0.6 is 0 Å². The molecule has 1 fully saturated rings. The molecule has 0 spiro atoms. The van der Waals surface area contributed by atoms with Gasteiger partial charge in [0.1, 0.15) is 0 Å². The highest BCUT2D eigenvalue weighted by molar-refractivity contribution is 5.97. The SMILES string of the molecule is CC(C)n1ncc2cc(C(=O)N3C[C@H](C)OC[C@H]3C)cnc21. The molecule has 3 heterocycles. The third-order valence-corrected chi connectivity index (χ3v) is 4.04. The van der Waals surface area contributed by atoms with E-state index in [-0.39, 0.29) is 24.1 Å². The van der Waals surface area contributed by atoms with Crippen molar-refractivity contribution in [1.82, 2.24) is 19.7 Å². The predicted octanol–water partition coefficient (Wildman–Crippen LogP) is 2.26. The van der Waals surface area contributed by atoms with Crippen molar-refractivity contribution < 1.29 is 9.53 Å². The summed E-state index contributed by atoms with van der Waals surface area (Å²) in [4.78, 5) is 19.1. The van der Waals surface area contributed by atoms with E-state index < -0.39 is 0 Å². The summed E-state index contributed by atoms with van der Waals surface area (Å²) in [6, 6.07) is 2.20. The van der Waals surface area contributed by atoms with Crippen molar-refractivity contribution in [3.63, 3.8) is 0 Å². The van der Waals surface area contributed by atoms with Gasteiger partial charge in [-0.2, -0.15) is 5.10 Å². The first-order valence-corrected chi connectivity index (χ1v) is 7.73. The first kappa shape index (κ1) is 15.0. The van der Waals surface area contributed by atoms with E-state index >= 15 is 0 Å². The van der Waals surface area contributed by atoms with E-state index in [0.717, 1.165) is 11.0 Å². The number of fused-ring (bicyclic) bond motifs is 1. The number of morpholine rings is 1. The van der Waals surface area contributed by atoms with E-state index in [2.05, 4.69) is 23.9 Å². The number of carbonyl (C=O) groups is 1. The minimum absolute atomic E-state index is 0.00865. The van der Waals surface area contributed by atoms with Crippen molar-refractivity contribution in [2.24, 2.45) is 0 Å². The third-order valence-electron chi connectivity index (χ3n) is 4.04. The third kappa shape index (κ3) is 2.59. The number of aromatic nitrogens is 3. The lowest BCUT2D eigenvalue weighted by Crippen LogP contribution is -2.50. The van der Waals surface area contributed by atoms with Crippen molar-refractivity contribution in [2.75, 3.05) is 13.2 Å². The molecule has 3 rings (SSSR count). The highest BCUT2D eigenvalue weighted by Gasteiger charge is 2.28. The van der Waals surface area contributed by atoms with Crippen LogP contribution in [0.15, 0.2) is 18.5 Å². The van der Waals surface area contributed by atoms with Gasteiger partial charge in [0.15, 0.2) is 5.65 Å². The zero-order valence-electron chi connectivity index (χ0n) is 13.5. The van der Waals surface area contributed by atoms with Crippen LogP contribution in [0, 0.1) is 0 Å². The normalized spacial score (nSPS) is 22.5. The Balaban J connectivity index is 1.91. The summed E-state index contributed by atoms with van der Waals surface area (Å²) in [6.45, 7) is 9.30. The Kier molecular flexibility index (Phi) is 3.87. The van der Waals surface area contributed by atoms with E-state index in [1.165, 1.54) is 0 Å². The molecular formula is C16H22N4O2. The van der Waals surface area contributed by atoms with Gasteiger partial charge in [-0.3, -0.25) is 4.79 Å². The van der Waals surface area contributed by atoms with E-state index in [4.69, 9.17) is 4.74 Å². The molecule has 2 atom stereocenters. The molecule has 6 heteroatoms. The number of carbonyl (C=O) groups excluding carboxylic acids is 1. The van der Waals surface area contributed by atoms with Crippen LogP contribution in [0.5, 0.6) is 0 Å². The average molecular weight is 302 g/mol. The fourth-order valence-electron chi connectivity index (χ4n) is 2.79. The maximum absolute atomic E-state index is 12.7. The summed E-state index contributed by atoms with van der Waals surface area (Å²) in [7, 11) is 0.